The zero-order valence-corrected chi connectivity index (χ0v) is 15.2. The summed E-state index contributed by atoms with van der Waals surface area (Å²) >= 11 is 0. The third-order valence-corrected chi connectivity index (χ3v) is 4.58. The highest BCUT2D eigenvalue weighted by atomic mass is 16.6. The van der Waals surface area contributed by atoms with Crippen LogP contribution in [0.15, 0.2) is 73.0 Å². The molecule has 3 rings (SSSR count). The maximum Gasteiger partial charge on any atom is 0.338 e. The van der Waals surface area contributed by atoms with Crippen molar-refractivity contribution >= 4 is 5.97 Å². The zero-order chi connectivity index (χ0) is 19.2. The number of carbonyl (C=O) groups is 1. The van der Waals surface area contributed by atoms with E-state index >= 15 is 0 Å². The third-order valence-electron chi connectivity index (χ3n) is 4.58. The number of hydrogen-bond acceptors (Lipinski definition) is 4. The molecule has 1 aliphatic heterocycles. The van der Waals surface area contributed by atoms with Crippen LogP contribution in [-0.4, -0.2) is 24.3 Å². The number of carbonyl (C=O) groups excluding carboxylic acids is 1. The molecule has 0 saturated carbocycles. The van der Waals surface area contributed by atoms with Gasteiger partial charge in [0.25, 0.3) is 0 Å². The average molecular weight is 362 g/mol. The predicted molar refractivity (Wildman–Crippen MR) is 103 cm³/mol. The first-order valence-electron chi connectivity index (χ1n) is 8.83. The highest BCUT2D eigenvalue weighted by Gasteiger charge is 2.43. The first kappa shape index (κ1) is 18.8. The second-order valence-corrected chi connectivity index (χ2v) is 6.48. The van der Waals surface area contributed by atoms with Gasteiger partial charge in [0.15, 0.2) is 12.2 Å². The third kappa shape index (κ3) is 4.39. The number of rotatable bonds is 5. The molecule has 4 atom stereocenters. The minimum Gasteiger partial charge on any atom is -0.476 e. The van der Waals surface area contributed by atoms with Crippen molar-refractivity contribution in [2.24, 2.45) is 5.92 Å². The Labute approximate surface area is 159 Å². The molecule has 27 heavy (non-hydrogen) atoms. The van der Waals surface area contributed by atoms with Crippen molar-refractivity contribution in [3.8, 4) is 12.3 Å². The number of ether oxygens (including phenoxy) is 3. The summed E-state index contributed by atoms with van der Waals surface area (Å²) in [5, 5.41) is 0. The van der Waals surface area contributed by atoms with E-state index in [9.17, 15) is 4.79 Å². The maximum absolute atomic E-state index is 12.4. The second-order valence-electron chi connectivity index (χ2n) is 6.48. The topological polar surface area (TPSA) is 44.8 Å². The molecule has 0 bridgehead atoms. The van der Waals surface area contributed by atoms with Crippen molar-refractivity contribution < 1.29 is 19.0 Å². The summed E-state index contributed by atoms with van der Waals surface area (Å²) in [5.74, 6) is 2.31. The van der Waals surface area contributed by atoms with Crippen LogP contribution < -0.4 is 0 Å². The van der Waals surface area contributed by atoms with E-state index in [0.29, 0.717) is 17.9 Å². The van der Waals surface area contributed by atoms with Gasteiger partial charge in [-0.1, -0.05) is 68.0 Å². The first-order valence-corrected chi connectivity index (χ1v) is 8.83. The summed E-state index contributed by atoms with van der Waals surface area (Å²) < 4.78 is 17.4. The molecular weight excluding hydrogens is 340 g/mol. The summed E-state index contributed by atoms with van der Waals surface area (Å²) in [6.45, 7) is 6.21. The van der Waals surface area contributed by atoms with Crippen molar-refractivity contribution in [2.75, 3.05) is 0 Å². The lowest BCUT2D eigenvalue weighted by molar-refractivity contribution is -0.132. The highest BCUT2D eigenvalue weighted by Crippen LogP contribution is 2.32. The van der Waals surface area contributed by atoms with E-state index in [2.05, 4.69) is 12.5 Å². The number of esters is 1. The summed E-state index contributed by atoms with van der Waals surface area (Å²) in [7, 11) is 0. The van der Waals surface area contributed by atoms with Gasteiger partial charge in [-0.25, -0.2) is 4.79 Å². The summed E-state index contributed by atoms with van der Waals surface area (Å²) in [5.41, 5.74) is 1.50. The Balaban J connectivity index is 1.72. The Bertz CT molecular complexity index is 822. The molecule has 1 fully saturated rings. The molecule has 1 saturated heterocycles. The molecule has 138 valence electrons. The van der Waals surface area contributed by atoms with Crippen LogP contribution in [-0.2, 0) is 20.8 Å². The van der Waals surface area contributed by atoms with Crippen LogP contribution in [0.5, 0.6) is 0 Å². The predicted octanol–water partition coefficient (Wildman–Crippen LogP) is 3.98. The Morgan fingerprint density at radius 2 is 1.78 bits per heavy atom. The second kappa shape index (κ2) is 8.57. The molecule has 0 aliphatic carbocycles. The lowest BCUT2D eigenvalue weighted by Gasteiger charge is -2.40. The van der Waals surface area contributed by atoms with Gasteiger partial charge in [0.2, 0.25) is 0 Å². The van der Waals surface area contributed by atoms with Gasteiger partial charge in [0, 0.05) is 5.92 Å². The van der Waals surface area contributed by atoms with E-state index in [-0.39, 0.29) is 5.92 Å². The van der Waals surface area contributed by atoms with E-state index in [4.69, 9.17) is 20.6 Å². The minimum atomic E-state index is -0.636. The maximum atomic E-state index is 12.4. The fourth-order valence-corrected chi connectivity index (χ4v) is 3.10. The Morgan fingerprint density at radius 3 is 2.41 bits per heavy atom. The molecule has 4 heteroatoms. The standard InChI is InChI=1S/C23H22O4/c1-4-20-22(25-15-18-11-7-5-8-12-18)16(2)21(17(3)26-20)27-23(24)19-13-9-6-10-14-19/h1,5-14,16,20-22H,3,15H2,2H3/t16-,20-,21-,22-/m1/s1. The molecule has 4 nitrogen and oxygen atoms in total. The Morgan fingerprint density at radius 1 is 1.15 bits per heavy atom. The average Bonchev–Trinajstić information content (AvgIpc) is 2.71. The van der Waals surface area contributed by atoms with Crippen molar-refractivity contribution in [3.63, 3.8) is 0 Å². The lowest BCUT2D eigenvalue weighted by Crippen LogP contribution is -2.48. The highest BCUT2D eigenvalue weighted by molar-refractivity contribution is 5.89. The minimum absolute atomic E-state index is 0.205. The van der Waals surface area contributed by atoms with Crippen molar-refractivity contribution in [1.82, 2.24) is 0 Å². The molecule has 1 heterocycles. The van der Waals surface area contributed by atoms with E-state index < -0.39 is 24.3 Å². The summed E-state index contributed by atoms with van der Waals surface area (Å²) in [6, 6.07) is 18.6. The van der Waals surface area contributed by atoms with Gasteiger partial charge in [-0.3, -0.25) is 0 Å². The monoisotopic (exact) mass is 362 g/mol. The molecule has 2 aromatic rings. The fourth-order valence-electron chi connectivity index (χ4n) is 3.10. The van der Waals surface area contributed by atoms with Gasteiger partial charge >= 0.3 is 5.97 Å². The first-order chi connectivity index (χ1) is 13.1. The molecule has 0 spiro atoms. The number of benzene rings is 2. The molecule has 0 amide bonds. The van der Waals surface area contributed by atoms with Crippen molar-refractivity contribution in [2.45, 2.75) is 31.8 Å². The number of hydrogen-bond donors (Lipinski definition) is 0. The SMILES string of the molecule is C#C[C@H]1OC(=C)[C@H](OC(=O)c2ccccc2)[C@@H](C)[C@H]1OCc1ccccc1. The van der Waals surface area contributed by atoms with E-state index in [0.717, 1.165) is 5.56 Å². The Hall–Kier alpha value is -3.03. The van der Waals surface area contributed by atoms with E-state index in [1.807, 2.05) is 43.3 Å². The molecule has 0 unspecified atom stereocenters. The van der Waals surface area contributed by atoms with Crippen LogP contribution in [0.4, 0.5) is 0 Å². The quantitative estimate of drug-likeness (QED) is 0.596. The van der Waals surface area contributed by atoms with Gasteiger partial charge in [-0.2, -0.15) is 0 Å². The molecule has 0 N–H and O–H groups in total. The van der Waals surface area contributed by atoms with Gasteiger partial charge < -0.3 is 14.2 Å². The van der Waals surface area contributed by atoms with Crippen molar-refractivity contribution in [1.29, 1.82) is 0 Å². The van der Waals surface area contributed by atoms with E-state index in [1.165, 1.54) is 0 Å². The number of terminal acetylenes is 1. The summed E-state index contributed by atoms with van der Waals surface area (Å²) in [6.07, 6.45) is 3.98. The molecule has 0 radical (unpaired) electrons. The largest absolute Gasteiger partial charge is 0.476 e. The zero-order valence-electron chi connectivity index (χ0n) is 15.2. The van der Waals surface area contributed by atoms with Crippen LogP contribution in [0, 0.1) is 18.3 Å². The van der Waals surface area contributed by atoms with Crippen LogP contribution >= 0.6 is 0 Å². The lowest BCUT2D eigenvalue weighted by atomic mass is 9.90. The Kier molecular flexibility index (Phi) is 5.95. The van der Waals surface area contributed by atoms with Crippen LogP contribution in [0.25, 0.3) is 0 Å². The van der Waals surface area contributed by atoms with Gasteiger partial charge in [0.05, 0.1) is 12.2 Å². The van der Waals surface area contributed by atoms with Crippen LogP contribution in [0.3, 0.4) is 0 Å². The molecule has 1 aliphatic rings. The van der Waals surface area contributed by atoms with Gasteiger partial charge in [0.1, 0.15) is 11.9 Å². The fraction of sp³-hybridized carbons (Fsp3) is 0.261. The summed E-state index contributed by atoms with van der Waals surface area (Å²) in [4.78, 5) is 12.4. The van der Waals surface area contributed by atoms with E-state index in [1.54, 1.807) is 24.3 Å². The molecular formula is C23H22O4. The van der Waals surface area contributed by atoms with Crippen LogP contribution in [0.1, 0.15) is 22.8 Å². The van der Waals surface area contributed by atoms with Gasteiger partial charge in [-0.05, 0) is 17.7 Å². The smallest absolute Gasteiger partial charge is 0.338 e. The molecule has 0 aromatic heterocycles. The van der Waals surface area contributed by atoms with Crippen LogP contribution in [0.2, 0.25) is 0 Å². The normalized spacial score (nSPS) is 24.5. The molecule has 2 aromatic carbocycles. The van der Waals surface area contributed by atoms with Crippen molar-refractivity contribution in [3.05, 3.63) is 84.1 Å². The van der Waals surface area contributed by atoms with Gasteiger partial charge in [-0.15, -0.1) is 6.42 Å².